The molecule has 4 aromatic rings. The number of rotatable bonds is 5. The number of aromatic nitrogens is 2. The third-order valence-corrected chi connectivity index (χ3v) is 8.64. The van der Waals surface area contributed by atoms with Crippen molar-refractivity contribution in [3.8, 4) is 5.69 Å². The van der Waals surface area contributed by atoms with E-state index < -0.39 is 35.6 Å². The molecule has 2 fully saturated rings. The highest BCUT2D eigenvalue weighted by Gasteiger charge is 2.46. The standard InChI is InChI=1S/C32H28N6O5/c33-29(40)23-7-1-4-20-17-37(35-28(20)23)21-11-9-18(10-12-21)19-5-3-15-36(16-19)24-8-2-6-22-27(24)32(43)38(31(22)42)25-13-14-26(39)34-30(25)41/h1-2,4,6-12,17,19,25H,3,5,13-16H2,(H2,33,40)(H,34,39,41). The van der Waals surface area contributed by atoms with Gasteiger partial charge in [-0.1, -0.05) is 30.3 Å². The number of nitrogens with one attached hydrogen (secondary N) is 1. The number of piperidine rings is 2. The molecule has 3 aliphatic rings. The average Bonchev–Trinajstić information content (AvgIpc) is 3.56. The number of amides is 5. The van der Waals surface area contributed by atoms with Crippen molar-refractivity contribution in [3.05, 3.63) is 89.1 Å². The third-order valence-electron chi connectivity index (χ3n) is 8.64. The molecule has 7 rings (SSSR count). The van der Waals surface area contributed by atoms with Crippen molar-refractivity contribution in [3.63, 3.8) is 0 Å². The van der Waals surface area contributed by atoms with Crippen LogP contribution in [0, 0.1) is 0 Å². The first-order chi connectivity index (χ1) is 20.8. The summed E-state index contributed by atoms with van der Waals surface area (Å²) < 4.78 is 1.73. The summed E-state index contributed by atoms with van der Waals surface area (Å²) in [4.78, 5) is 66.1. The lowest BCUT2D eigenvalue weighted by molar-refractivity contribution is -0.136. The number of hydrogen-bond acceptors (Lipinski definition) is 7. The predicted octanol–water partition coefficient (Wildman–Crippen LogP) is 2.91. The molecule has 2 saturated heterocycles. The first kappa shape index (κ1) is 26.6. The Morgan fingerprint density at radius 1 is 0.930 bits per heavy atom. The molecule has 2 atom stereocenters. The van der Waals surface area contributed by atoms with Crippen LogP contribution >= 0.6 is 0 Å². The zero-order chi connectivity index (χ0) is 29.8. The van der Waals surface area contributed by atoms with Gasteiger partial charge in [-0.2, -0.15) is 5.10 Å². The van der Waals surface area contributed by atoms with Crippen LogP contribution in [0.2, 0.25) is 0 Å². The molecule has 3 N–H and O–H groups in total. The largest absolute Gasteiger partial charge is 0.370 e. The smallest absolute Gasteiger partial charge is 0.264 e. The number of hydrogen-bond donors (Lipinski definition) is 2. The third kappa shape index (κ3) is 4.44. The Balaban J connectivity index is 1.13. The quantitative estimate of drug-likeness (QED) is 0.347. The molecule has 4 heterocycles. The van der Waals surface area contributed by atoms with Gasteiger partial charge < -0.3 is 10.6 Å². The summed E-state index contributed by atoms with van der Waals surface area (Å²) in [5, 5.41) is 7.66. The molecule has 0 saturated carbocycles. The minimum Gasteiger partial charge on any atom is -0.370 e. The minimum atomic E-state index is -1.000. The van der Waals surface area contributed by atoms with Crippen molar-refractivity contribution in [2.45, 2.75) is 37.6 Å². The van der Waals surface area contributed by atoms with Crippen LogP contribution in [0.1, 0.15) is 68.2 Å². The van der Waals surface area contributed by atoms with Crippen LogP contribution in [0.3, 0.4) is 0 Å². The maximum absolute atomic E-state index is 13.6. The minimum absolute atomic E-state index is 0.0779. The molecule has 216 valence electrons. The number of fused-ring (bicyclic) bond motifs is 2. The van der Waals surface area contributed by atoms with E-state index in [0.29, 0.717) is 28.9 Å². The molecule has 11 nitrogen and oxygen atoms in total. The summed E-state index contributed by atoms with van der Waals surface area (Å²) >= 11 is 0. The fourth-order valence-electron chi connectivity index (χ4n) is 6.50. The van der Waals surface area contributed by atoms with E-state index in [4.69, 9.17) is 5.73 Å². The second kappa shape index (κ2) is 10.2. The first-order valence-corrected chi connectivity index (χ1v) is 14.3. The van der Waals surface area contributed by atoms with Crippen molar-refractivity contribution >= 4 is 46.1 Å². The predicted molar refractivity (Wildman–Crippen MR) is 157 cm³/mol. The van der Waals surface area contributed by atoms with E-state index in [1.165, 1.54) is 0 Å². The van der Waals surface area contributed by atoms with Crippen LogP contribution in [0.4, 0.5) is 5.69 Å². The van der Waals surface area contributed by atoms with Crippen molar-refractivity contribution in [2.75, 3.05) is 18.0 Å². The number of imide groups is 2. The molecule has 3 aliphatic heterocycles. The van der Waals surface area contributed by atoms with E-state index in [2.05, 4.69) is 27.4 Å². The Morgan fingerprint density at radius 2 is 1.72 bits per heavy atom. The molecular formula is C32H28N6O5. The molecule has 11 heteroatoms. The summed E-state index contributed by atoms with van der Waals surface area (Å²) in [6.07, 6.45) is 3.93. The van der Waals surface area contributed by atoms with E-state index in [0.717, 1.165) is 40.9 Å². The monoisotopic (exact) mass is 576 g/mol. The number of carbonyl (C=O) groups is 5. The maximum Gasteiger partial charge on any atom is 0.264 e. The van der Waals surface area contributed by atoms with Crippen molar-refractivity contribution < 1.29 is 24.0 Å². The van der Waals surface area contributed by atoms with Crippen molar-refractivity contribution in [1.82, 2.24) is 20.0 Å². The van der Waals surface area contributed by atoms with Gasteiger partial charge in [-0.3, -0.25) is 34.2 Å². The molecule has 0 aliphatic carbocycles. The molecule has 0 spiro atoms. The molecule has 43 heavy (non-hydrogen) atoms. The Kier molecular flexibility index (Phi) is 6.30. The lowest BCUT2D eigenvalue weighted by Crippen LogP contribution is -2.54. The molecule has 1 aromatic heterocycles. The summed E-state index contributed by atoms with van der Waals surface area (Å²) in [5.74, 6) is -2.36. The van der Waals surface area contributed by atoms with Gasteiger partial charge in [0, 0.05) is 37.0 Å². The molecule has 2 unspecified atom stereocenters. The highest BCUT2D eigenvalue weighted by Crippen LogP contribution is 2.37. The highest BCUT2D eigenvalue weighted by molar-refractivity contribution is 6.25. The lowest BCUT2D eigenvalue weighted by atomic mass is 9.89. The summed E-state index contributed by atoms with van der Waals surface area (Å²) in [5.41, 5.74) is 9.72. The summed E-state index contributed by atoms with van der Waals surface area (Å²) in [6.45, 7) is 1.39. The summed E-state index contributed by atoms with van der Waals surface area (Å²) in [7, 11) is 0. The Labute approximate surface area is 246 Å². The number of nitrogens with zero attached hydrogens (tertiary/aromatic N) is 4. The highest BCUT2D eigenvalue weighted by atomic mass is 16.2. The van der Waals surface area contributed by atoms with E-state index in [1.807, 2.05) is 30.5 Å². The van der Waals surface area contributed by atoms with E-state index in [-0.39, 0.29) is 24.3 Å². The van der Waals surface area contributed by atoms with Crippen LogP contribution in [-0.2, 0) is 9.59 Å². The number of benzene rings is 3. The van der Waals surface area contributed by atoms with Gasteiger partial charge in [-0.25, -0.2) is 4.68 Å². The van der Waals surface area contributed by atoms with Gasteiger partial charge in [0.25, 0.3) is 17.7 Å². The zero-order valence-corrected chi connectivity index (χ0v) is 23.2. The van der Waals surface area contributed by atoms with Crippen LogP contribution in [-0.4, -0.2) is 63.3 Å². The molecular weight excluding hydrogens is 548 g/mol. The number of nitrogens with two attached hydrogens (primary N) is 1. The van der Waals surface area contributed by atoms with Gasteiger partial charge in [0.1, 0.15) is 11.6 Å². The van der Waals surface area contributed by atoms with Gasteiger partial charge >= 0.3 is 0 Å². The van der Waals surface area contributed by atoms with Crippen molar-refractivity contribution in [2.24, 2.45) is 5.73 Å². The number of primary amides is 1. The van der Waals surface area contributed by atoms with Gasteiger partial charge in [0.05, 0.1) is 28.1 Å². The zero-order valence-electron chi connectivity index (χ0n) is 23.2. The second-order valence-corrected chi connectivity index (χ2v) is 11.2. The van der Waals surface area contributed by atoms with Crippen LogP contribution in [0.15, 0.2) is 66.9 Å². The normalized spacial score (nSPS) is 20.5. The Bertz CT molecular complexity index is 1840. The summed E-state index contributed by atoms with van der Waals surface area (Å²) in [6, 6.07) is 17.7. The molecule has 0 bridgehead atoms. The van der Waals surface area contributed by atoms with E-state index >= 15 is 0 Å². The van der Waals surface area contributed by atoms with Crippen LogP contribution in [0.5, 0.6) is 0 Å². The fraction of sp³-hybridized carbons (Fsp3) is 0.250. The molecule has 3 aromatic carbocycles. The van der Waals surface area contributed by atoms with Crippen LogP contribution in [0.25, 0.3) is 16.6 Å². The van der Waals surface area contributed by atoms with Crippen LogP contribution < -0.4 is 16.0 Å². The Morgan fingerprint density at radius 3 is 2.49 bits per heavy atom. The average molecular weight is 577 g/mol. The Hall–Kier alpha value is -5.32. The lowest BCUT2D eigenvalue weighted by Gasteiger charge is -2.35. The fourth-order valence-corrected chi connectivity index (χ4v) is 6.50. The number of carbonyl (C=O) groups excluding carboxylic acids is 5. The van der Waals surface area contributed by atoms with Gasteiger partial charge in [-0.15, -0.1) is 0 Å². The second-order valence-electron chi connectivity index (χ2n) is 11.2. The van der Waals surface area contributed by atoms with E-state index in [1.54, 1.807) is 28.9 Å². The van der Waals surface area contributed by atoms with Gasteiger partial charge in [0.2, 0.25) is 11.8 Å². The van der Waals surface area contributed by atoms with Crippen molar-refractivity contribution in [1.29, 1.82) is 0 Å². The maximum atomic E-state index is 13.6. The topological polar surface area (TPSA) is 148 Å². The number of anilines is 1. The van der Waals surface area contributed by atoms with Gasteiger partial charge in [-0.05, 0) is 55.2 Å². The van der Waals surface area contributed by atoms with Gasteiger partial charge in [0.15, 0.2) is 0 Å². The van der Waals surface area contributed by atoms with E-state index in [9.17, 15) is 24.0 Å². The first-order valence-electron chi connectivity index (χ1n) is 14.3. The molecule has 0 radical (unpaired) electrons. The SMILES string of the molecule is NC(=O)c1cccc2cn(-c3ccc(C4CCCN(c5cccc6c5C(=O)N(C5CCC(=O)NC5=O)C6=O)C4)cc3)nc12. The molecule has 5 amide bonds.